The molecular weight excluding hydrogens is 224 g/mol. The first-order valence-corrected chi connectivity index (χ1v) is 5.66. The lowest BCUT2D eigenvalue weighted by Crippen LogP contribution is -1.88. The Hall–Kier alpha value is -2.35. The van der Waals surface area contributed by atoms with Gasteiger partial charge in [0.25, 0.3) is 0 Å². The minimum absolute atomic E-state index is 0.0336. The molecule has 0 bridgehead atoms. The molecule has 0 radical (unpaired) electrons. The highest BCUT2D eigenvalue weighted by Crippen LogP contribution is 2.10. The van der Waals surface area contributed by atoms with Crippen molar-refractivity contribution in [1.82, 2.24) is 0 Å². The van der Waals surface area contributed by atoms with Gasteiger partial charge in [0.1, 0.15) is 5.75 Å². The van der Waals surface area contributed by atoms with E-state index in [4.69, 9.17) is 5.11 Å². The van der Waals surface area contributed by atoms with Crippen LogP contribution >= 0.6 is 0 Å². The molecule has 0 saturated heterocycles. The van der Waals surface area contributed by atoms with Crippen LogP contribution in [0.15, 0.2) is 67.3 Å². The number of hydrogen-bond acceptors (Lipinski definition) is 2. The Bertz CT molecular complexity index is 476. The second kappa shape index (κ2) is 7.85. The Morgan fingerprint density at radius 2 is 1.89 bits per heavy atom. The van der Waals surface area contributed by atoms with Gasteiger partial charge in [0, 0.05) is 6.42 Å². The van der Waals surface area contributed by atoms with Gasteiger partial charge in [-0.05, 0) is 23.8 Å². The summed E-state index contributed by atoms with van der Waals surface area (Å²) in [5, 5.41) is 9.11. The van der Waals surface area contributed by atoms with E-state index in [1.807, 2.05) is 12.2 Å². The van der Waals surface area contributed by atoms with Crippen molar-refractivity contribution in [3.63, 3.8) is 0 Å². The molecule has 1 aromatic carbocycles. The van der Waals surface area contributed by atoms with E-state index in [0.29, 0.717) is 6.42 Å². The molecule has 1 aromatic rings. The molecule has 0 aliphatic carbocycles. The Morgan fingerprint density at radius 3 is 2.56 bits per heavy atom. The molecule has 2 heteroatoms. The van der Waals surface area contributed by atoms with Crippen molar-refractivity contribution >= 4 is 11.9 Å². The summed E-state index contributed by atoms with van der Waals surface area (Å²) in [6.45, 7) is 3.55. The van der Waals surface area contributed by atoms with E-state index in [-0.39, 0.29) is 11.5 Å². The Labute approximate surface area is 107 Å². The van der Waals surface area contributed by atoms with Crippen LogP contribution in [0.4, 0.5) is 0 Å². The van der Waals surface area contributed by atoms with Crippen molar-refractivity contribution in [2.45, 2.75) is 6.42 Å². The number of aromatic hydroxyl groups is 1. The molecule has 0 heterocycles. The predicted octanol–water partition coefficient (Wildman–Crippen LogP) is 3.66. The van der Waals surface area contributed by atoms with Crippen LogP contribution < -0.4 is 0 Å². The maximum atomic E-state index is 11.5. The summed E-state index contributed by atoms with van der Waals surface area (Å²) in [5.74, 6) is 0.252. The molecule has 0 aliphatic rings. The second-order valence-corrected chi connectivity index (χ2v) is 3.64. The SMILES string of the molecule is C=C/C=C\C=C/CC(=O)/C=C/c1ccc(O)cc1. The summed E-state index contributed by atoms with van der Waals surface area (Å²) in [7, 11) is 0. The fourth-order valence-electron chi connectivity index (χ4n) is 1.25. The van der Waals surface area contributed by atoms with E-state index in [1.54, 1.807) is 48.6 Å². The van der Waals surface area contributed by atoms with Gasteiger partial charge in [-0.2, -0.15) is 0 Å². The summed E-state index contributed by atoms with van der Waals surface area (Å²) in [5.41, 5.74) is 0.886. The van der Waals surface area contributed by atoms with Crippen LogP contribution in [0.25, 0.3) is 6.08 Å². The number of hydrogen-bond donors (Lipinski definition) is 1. The van der Waals surface area contributed by atoms with Crippen LogP contribution in [0.3, 0.4) is 0 Å². The van der Waals surface area contributed by atoms with Gasteiger partial charge in [0.05, 0.1) is 0 Å². The molecule has 1 rings (SSSR count). The molecule has 2 nitrogen and oxygen atoms in total. The Morgan fingerprint density at radius 1 is 1.17 bits per heavy atom. The molecule has 0 saturated carbocycles. The molecule has 0 aromatic heterocycles. The minimum atomic E-state index is 0.0336. The molecule has 0 fully saturated rings. The highest BCUT2D eigenvalue weighted by molar-refractivity contribution is 5.94. The van der Waals surface area contributed by atoms with Crippen molar-refractivity contribution in [2.24, 2.45) is 0 Å². The molecule has 0 atom stereocenters. The summed E-state index contributed by atoms with van der Waals surface area (Å²) >= 11 is 0. The van der Waals surface area contributed by atoms with Crippen molar-refractivity contribution in [3.8, 4) is 5.75 Å². The standard InChI is InChI=1S/C16H16O2/c1-2-3-4-5-6-7-15(17)11-8-14-9-12-16(18)13-10-14/h2-6,8-13,18H,1,7H2/b4-3-,6-5-,11-8+. The first-order valence-electron chi connectivity index (χ1n) is 5.66. The van der Waals surface area contributed by atoms with E-state index in [0.717, 1.165) is 5.56 Å². The van der Waals surface area contributed by atoms with E-state index in [2.05, 4.69) is 6.58 Å². The lowest BCUT2D eigenvalue weighted by molar-refractivity contribution is -0.113. The van der Waals surface area contributed by atoms with E-state index >= 15 is 0 Å². The molecule has 1 N–H and O–H groups in total. The highest BCUT2D eigenvalue weighted by Gasteiger charge is 1.92. The van der Waals surface area contributed by atoms with Crippen molar-refractivity contribution in [3.05, 3.63) is 72.9 Å². The maximum Gasteiger partial charge on any atom is 0.159 e. The molecule has 0 amide bonds. The molecule has 18 heavy (non-hydrogen) atoms. The first kappa shape index (κ1) is 13.7. The fourth-order valence-corrected chi connectivity index (χ4v) is 1.25. The number of benzene rings is 1. The third-order valence-corrected chi connectivity index (χ3v) is 2.17. The fraction of sp³-hybridized carbons (Fsp3) is 0.0625. The molecule has 0 aliphatic heterocycles. The van der Waals surface area contributed by atoms with Crippen molar-refractivity contribution in [1.29, 1.82) is 0 Å². The molecular formula is C16H16O2. The number of carbonyl (C=O) groups excluding carboxylic acids is 1. The van der Waals surface area contributed by atoms with Crippen molar-refractivity contribution < 1.29 is 9.90 Å². The van der Waals surface area contributed by atoms with Crippen molar-refractivity contribution in [2.75, 3.05) is 0 Å². The zero-order valence-corrected chi connectivity index (χ0v) is 10.1. The summed E-state index contributed by atoms with van der Waals surface area (Å²) in [6, 6.07) is 6.68. The van der Waals surface area contributed by atoms with Gasteiger partial charge in [-0.25, -0.2) is 0 Å². The smallest absolute Gasteiger partial charge is 0.159 e. The minimum Gasteiger partial charge on any atom is -0.508 e. The maximum absolute atomic E-state index is 11.5. The number of phenols is 1. The average Bonchev–Trinajstić information content (AvgIpc) is 2.38. The van der Waals surface area contributed by atoms with Gasteiger partial charge in [0.15, 0.2) is 5.78 Å². The first-order chi connectivity index (χ1) is 8.72. The molecule has 92 valence electrons. The quantitative estimate of drug-likeness (QED) is 0.608. The van der Waals surface area contributed by atoms with Crippen LogP contribution in [0.2, 0.25) is 0 Å². The van der Waals surface area contributed by atoms with Crippen LogP contribution in [0.5, 0.6) is 5.75 Å². The average molecular weight is 240 g/mol. The molecule has 0 unspecified atom stereocenters. The summed E-state index contributed by atoms with van der Waals surface area (Å²) in [4.78, 5) is 11.5. The highest BCUT2D eigenvalue weighted by atomic mass is 16.3. The van der Waals surface area contributed by atoms with E-state index in [9.17, 15) is 4.79 Å². The predicted molar refractivity (Wildman–Crippen MR) is 75.2 cm³/mol. The number of phenolic OH excluding ortho intramolecular Hbond substituents is 1. The number of ketones is 1. The number of rotatable bonds is 6. The van der Waals surface area contributed by atoms with Gasteiger partial charge in [-0.1, -0.05) is 55.2 Å². The summed E-state index contributed by atoms with van der Waals surface area (Å²) < 4.78 is 0. The monoisotopic (exact) mass is 240 g/mol. The van der Waals surface area contributed by atoms with Crippen LogP contribution in [-0.4, -0.2) is 10.9 Å². The van der Waals surface area contributed by atoms with Gasteiger partial charge in [0.2, 0.25) is 0 Å². The van der Waals surface area contributed by atoms with Gasteiger partial charge < -0.3 is 5.11 Å². The van der Waals surface area contributed by atoms with Gasteiger partial charge in [-0.15, -0.1) is 0 Å². The third kappa shape index (κ3) is 5.66. The summed E-state index contributed by atoms with van der Waals surface area (Å²) in [6.07, 6.45) is 12.5. The largest absolute Gasteiger partial charge is 0.508 e. The number of carbonyl (C=O) groups is 1. The normalized spacial score (nSPS) is 11.6. The van der Waals surface area contributed by atoms with Crippen LogP contribution in [0.1, 0.15) is 12.0 Å². The van der Waals surface area contributed by atoms with Gasteiger partial charge in [-0.3, -0.25) is 4.79 Å². The number of allylic oxidation sites excluding steroid dienone is 6. The third-order valence-electron chi connectivity index (χ3n) is 2.17. The topological polar surface area (TPSA) is 37.3 Å². The lowest BCUT2D eigenvalue weighted by Gasteiger charge is -1.93. The van der Waals surface area contributed by atoms with Crippen LogP contribution in [0, 0.1) is 0 Å². The molecule has 0 spiro atoms. The Kier molecular flexibility index (Phi) is 5.98. The zero-order chi connectivity index (χ0) is 13.2. The van der Waals surface area contributed by atoms with E-state index in [1.165, 1.54) is 6.08 Å². The van der Waals surface area contributed by atoms with Gasteiger partial charge >= 0.3 is 0 Å². The Balaban J connectivity index is 2.44. The van der Waals surface area contributed by atoms with E-state index < -0.39 is 0 Å². The van der Waals surface area contributed by atoms with Crippen LogP contribution in [-0.2, 0) is 4.79 Å². The second-order valence-electron chi connectivity index (χ2n) is 3.64. The zero-order valence-electron chi connectivity index (χ0n) is 10.1. The lowest BCUT2D eigenvalue weighted by atomic mass is 10.1.